The normalized spacial score (nSPS) is 10.7. The van der Waals surface area contributed by atoms with Crippen molar-refractivity contribution in [2.75, 3.05) is 12.4 Å². The van der Waals surface area contributed by atoms with Crippen molar-refractivity contribution in [2.45, 2.75) is 13.5 Å². The minimum Gasteiger partial charge on any atom is -0.493 e. The van der Waals surface area contributed by atoms with Gasteiger partial charge < -0.3 is 14.8 Å². The number of benzene rings is 3. The van der Waals surface area contributed by atoms with E-state index in [1.807, 2.05) is 0 Å². The number of hydrogen-bond donors (Lipinski definition) is 2. The Kier molecular flexibility index (Phi) is 8.36. The van der Waals surface area contributed by atoms with Crippen molar-refractivity contribution >= 4 is 46.3 Å². The summed E-state index contributed by atoms with van der Waals surface area (Å²) in [6.45, 7) is 1.47. The van der Waals surface area contributed by atoms with Gasteiger partial charge in [-0.3, -0.25) is 9.59 Å². The molecule has 0 aliphatic rings. The summed E-state index contributed by atoms with van der Waals surface area (Å²) in [7, 11) is 1.51. The molecule has 0 spiro atoms. The average molecular weight is 561 g/mol. The monoisotopic (exact) mass is 561 g/mol. The van der Waals surface area contributed by atoms with Crippen LogP contribution in [0.1, 0.15) is 28.4 Å². The molecule has 0 aliphatic carbocycles. The number of nitrogens with zero attached hydrogens (tertiary/aromatic N) is 1. The van der Waals surface area contributed by atoms with Crippen molar-refractivity contribution in [1.29, 1.82) is 0 Å². The van der Waals surface area contributed by atoms with E-state index < -0.39 is 5.91 Å². The molecule has 3 aromatic carbocycles. The van der Waals surface area contributed by atoms with Gasteiger partial charge in [-0.15, -0.1) is 0 Å². The van der Waals surface area contributed by atoms with E-state index in [-0.39, 0.29) is 18.3 Å². The molecule has 9 heteroatoms. The highest BCUT2D eigenvalue weighted by atomic mass is 127. The number of anilines is 1. The molecule has 2 N–H and O–H groups in total. The lowest BCUT2D eigenvalue weighted by molar-refractivity contribution is -0.114. The first-order chi connectivity index (χ1) is 15.9. The number of ether oxygens (including phenoxy) is 2. The number of carbonyl (C=O) groups excluding carboxylic acids is 2. The van der Waals surface area contributed by atoms with Crippen LogP contribution in [0.4, 0.5) is 10.1 Å². The molecule has 3 rings (SSSR count). The number of amides is 2. The number of nitrogens with one attached hydrogen (secondary N) is 2. The van der Waals surface area contributed by atoms with E-state index in [1.54, 1.807) is 54.6 Å². The van der Waals surface area contributed by atoms with Crippen molar-refractivity contribution in [1.82, 2.24) is 5.43 Å². The quantitative estimate of drug-likeness (QED) is 0.236. The zero-order chi connectivity index (χ0) is 23.8. The Hall–Kier alpha value is -3.47. The summed E-state index contributed by atoms with van der Waals surface area (Å²) in [6, 6.07) is 16.4. The molecule has 0 saturated carbocycles. The average Bonchev–Trinajstić information content (AvgIpc) is 2.79. The molecule has 3 aromatic rings. The largest absolute Gasteiger partial charge is 0.493 e. The number of hydrazone groups is 1. The molecular formula is C24H21FIN3O4. The molecule has 0 aromatic heterocycles. The second kappa shape index (κ2) is 11.4. The zero-order valence-corrected chi connectivity index (χ0v) is 20.1. The SMILES string of the molecule is COc1cc(/C=N\NC(=O)c2ccc(NC(C)=O)cc2)cc(I)c1OCc1ccccc1F. The molecule has 33 heavy (non-hydrogen) atoms. The summed E-state index contributed by atoms with van der Waals surface area (Å²) in [6.07, 6.45) is 1.48. The maximum absolute atomic E-state index is 13.9. The molecule has 0 bridgehead atoms. The lowest BCUT2D eigenvalue weighted by atomic mass is 10.2. The molecule has 2 amide bonds. The van der Waals surface area contributed by atoms with Crippen LogP contribution in [0, 0.1) is 9.39 Å². The topological polar surface area (TPSA) is 89.0 Å². The Morgan fingerprint density at radius 2 is 1.85 bits per heavy atom. The fourth-order valence-corrected chi connectivity index (χ4v) is 3.64. The van der Waals surface area contributed by atoms with Crippen LogP contribution >= 0.6 is 22.6 Å². The zero-order valence-electron chi connectivity index (χ0n) is 17.9. The van der Waals surface area contributed by atoms with Crippen molar-refractivity contribution < 1.29 is 23.5 Å². The van der Waals surface area contributed by atoms with E-state index in [9.17, 15) is 14.0 Å². The standard InChI is InChI=1S/C24H21FIN3O4/c1-15(30)28-19-9-7-17(8-10-19)24(31)29-27-13-16-11-21(26)23(22(12-16)32-2)33-14-18-5-3-4-6-20(18)25/h3-13H,14H2,1-2H3,(H,28,30)(H,29,31)/b27-13-. The highest BCUT2D eigenvalue weighted by Crippen LogP contribution is 2.34. The van der Waals surface area contributed by atoms with Gasteiger partial charge in [0, 0.05) is 23.7 Å². The minimum absolute atomic E-state index is 0.0588. The molecule has 0 aliphatic heterocycles. The van der Waals surface area contributed by atoms with Crippen LogP contribution in [0.25, 0.3) is 0 Å². The van der Waals surface area contributed by atoms with Crippen LogP contribution in [0.3, 0.4) is 0 Å². The van der Waals surface area contributed by atoms with Crippen molar-refractivity contribution in [2.24, 2.45) is 5.10 Å². The Labute approximate surface area is 204 Å². The Morgan fingerprint density at radius 1 is 1.12 bits per heavy atom. The summed E-state index contributed by atoms with van der Waals surface area (Å²) >= 11 is 2.09. The van der Waals surface area contributed by atoms with Gasteiger partial charge in [0.15, 0.2) is 11.5 Å². The number of carbonyl (C=O) groups is 2. The van der Waals surface area contributed by atoms with Crippen LogP contribution in [-0.2, 0) is 11.4 Å². The fourth-order valence-electron chi connectivity index (χ4n) is 2.86. The molecule has 0 fully saturated rings. The molecule has 170 valence electrons. The summed E-state index contributed by atoms with van der Waals surface area (Å²) < 4.78 is 25.8. The second-order valence-electron chi connectivity index (χ2n) is 6.87. The Bertz CT molecular complexity index is 1180. The fraction of sp³-hybridized carbons (Fsp3) is 0.125. The van der Waals surface area contributed by atoms with Gasteiger partial charge in [-0.2, -0.15) is 5.10 Å². The van der Waals surface area contributed by atoms with E-state index >= 15 is 0 Å². The second-order valence-corrected chi connectivity index (χ2v) is 8.03. The maximum atomic E-state index is 13.9. The summed E-state index contributed by atoms with van der Waals surface area (Å²) in [5.41, 5.74) is 4.57. The highest BCUT2D eigenvalue weighted by Gasteiger charge is 2.13. The van der Waals surface area contributed by atoms with Gasteiger partial charge in [-0.25, -0.2) is 9.82 Å². The minimum atomic E-state index is -0.396. The Balaban J connectivity index is 1.65. The number of halogens is 2. The van der Waals surface area contributed by atoms with Gasteiger partial charge in [0.2, 0.25) is 5.91 Å². The third-order valence-electron chi connectivity index (χ3n) is 4.43. The van der Waals surface area contributed by atoms with Gasteiger partial charge in [0.05, 0.1) is 16.9 Å². The lowest BCUT2D eigenvalue weighted by Crippen LogP contribution is -2.17. The predicted molar refractivity (Wildman–Crippen MR) is 132 cm³/mol. The molecule has 0 atom stereocenters. The van der Waals surface area contributed by atoms with Gasteiger partial charge in [-0.1, -0.05) is 18.2 Å². The van der Waals surface area contributed by atoms with E-state index in [0.717, 1.165) is 3.57 Å². The van der Waals surface area contributed by atoms with Gasteiger partial charge >= 0.3 is 0 Å². The lowest BCUT2D eigenvalue weighted by Gasteiger charge is -2.14. The van der Waals surface area contributed by atoms with E-state index in [1.165, 1.54) is 26.3 Å². The van der Waals surface area contributed by atoms with Gasteiger partial charge in [0.1, 0.15) is 12.4 Å². The molecular weight excluding hydrogens is 540 g/mol. The smallest absolute Gasteiger partial charge is 0.271 e. The van der Waals surface area contributed by atoms with Crippen LogP contribution in [0.5, 0.6) is 11.5 Å². The van der Waals surface area contributed by atoms with E-state index in [4.69, 9.17) is 9.47 Å². The van der Waals surface area contributed by atoms with E-state index in [2.05, 4.69) is 38.4 Å². The maximum Gasteiger partial charge on any atom is 0.271 e. The van der Waals surface area contributed by atoms with E-state index in [0.29, 0.717) is 33.9 Å². The van der Waals surface area contributed by atoms with Crippen LogP contribution in [0.2, 0.25) is 0 Å². The number of rotatable bonds is 8. The predicted octanol–water partition coefficient (Wildman–Crippen LogP) is 4.74. The van der Waals surface area contributed by atoms with Crippen LogP contribution in [-0.4, -0.2) is 25.1 Å². The van der Waals surface area contributed by atoms with Crippen molar-refractivity contribution in [3.8, 4) is 11.5 Å². The first kappa shape index (κ1) is 24.2. The molecule has 7 nitrogen and oxygen atoms in total. The molecule has 0 radical (unpaired) electrons. The summed E-state index contributed by atoms with van der Waals surface area (Å²) in [5, 5.41) is 6.63. The third-order valence-corrected chi connectivity index (χ3v) is 5.23. The summed E-state index contributed by atoms with van der Waals surface area (Å²) in [4.78, 5) is 23.3. The van der Waals surface area contributed by atoms with Gasteiger partial charge in [-0.05, 0) is 70.6 Å². The first-order valence-corrected chi connectivity index (χ1v) is 10.9. The Morgan fingerprint density at radius 3 is 2.52 bits per heavy atom. The molecule has 0 heterocycles. The van der Waals surface area contributed by atoms with Crippen molar-refractivity contribution in [3.05, 3.63) is 86.7 Å². The first-order valence-electron chi connectivity index (χ1n) is 9.82. The summed E-state index contributed by atoms with van der Waals surface area (Å²) in [5.74, 6) is 0.0229. The molecule has 0 unspecified atom stereocenters. The van der Waals surface area contributed by atoms with Gasteiger partial charge in [0.25, 0.3) is 5.91 Å². The van der Waals surface area contributed by atoms with Crippen molar-refractivity contribution in [3.63, 3.8) is 0 Å². The molecule has 0 saturated heterocycles. The van der Waals surface area contributed by atoms with Crippen LogP contribution in [0.15, 0.2) is 65.8 Å². The number of methoxy groups -OCH3 is 1. The third kappa shape index (κ3) is 6.75. The number of hydrogen-bond acceptors (Lipinski definition) is 5. The highest BCUT2D eigenvalue weighted by molar-refractivity contribution is 14.1. The van der Waals surface area contributed by atoms with Crippen LogP contribution < -0.4 is 20.2 Å².